The topological polar surface area (TPSA) is 115 Å². The molecule has 4 nitrogen and oxygen atoms in total. The van der Waals surface area contributed by atoms with Crippen LogP contribution in [0.5, 0.6) is 0 Å². The first-order valence-electron chi connectivity index (χ1n) is 1.88. The average molecular weight is 307 g/mol. The second-order valence-electron chi connectivity index (χ2n) is 1.58. The predicted molar refractivity (Wildman–Crippen MR) is 32.8 cm³/mol. The van der Waals surface area contributed by atoms with Crippen molar-refractivity contribution < 1.29 is 47.4 Å². The third-order valence-corrected chi connectivity index (χ3v) is 0.365. The van der Waals surface area contributed by atoms with E-state index in [1.807, 2.05) is 13.8 Å². The van der Waals surface area contributed by atoms with Gasteiger partial charge in [0.1, 0.15) is 0 Å². The number of hydrogen-bond acceptors (Lipinski definition) is 1. The second kappa shape index (κ2) is 23.3. The molecule has 0 aromatic carbocycles. The molecule has 0 heterocycles. The van der Waals surface area contributed by atoms with Crippen molar-refractivity contribution in [3.05, 3.63) is 0 Å². The standard InChI is InChI=1S/C4H10O.Hf.3H2O/c1-4(2)3-5;;;;/h4-5H,3H2,1-2H3;;3*1H2. The molecule has 5 heteroatoms. The van der Waals surface area contributed by atoms with Crippen LogP contribution in [-0.2, 0) is 25.8 Å². The molecule has 0 aromatic heterocycles. The number of aliphatic hydroxyl groups is 1. The van der Waals surface area contributed by atoms with E-state index in [2.05, 4.69) is 0 Å². The van der Waals surface area contributed by atoms with Crippen LogP contribution in [0.3, 0.4) is 0 Å². The zero-order valence-corrected chi connectivity index (χ0v) is 9.32. The molecular weight excluding hydrogens is 291 g/mol. The van der Waals surface area contributed by atoms with Gasteiger partial charge in [-0.3, -0.25) is 0 Å². The van der Waals surface area contributed by atoms with Gasteiger partial charge in [-0.05, 0) is 5.92 Å². The molecule has 0 atom stereocenters. The summed E-state index contributed by atoms with van der Waals surface area (Å²) < 4.78 is 0. The van der Waals surface area contributed by atoms with Crippen molar-refractivity contribution in [2.75, 3.05) is 6.61 Å². The Morgan fingerprint density at radius 1 is 1.11 bits per heavy atom. The molecule has 0 amide bonds. The van der Waals surface area contributed by atoms with Crippen LogP contribution in [0.4, 0.5) is 0 Å². The first-order chi connectivity index (χ1) is 2.27. The summed E-state index contributed by atoms with van der Waals surface area (Å²) in [4.78, 5) is 0. The van der Waals surface area contributed by atoms with Crippen molar-refractivity contribution in [1.29, 1.82) is 0 Å². The molecule has 0 rings (SSSR count). The van der Waals surface area contributed by atoms with E-state index in [0.29, 0.717) is 12.5 Å². The minimum atomic E-state index is 0. The Morgan fingerprint density at radius 3 is 1.22 bits per heavy atom. The molecule has 0 saturated heterocycles. The fraction of sp³-hybridized carbons (Fsp3) is 1.00. The summed E-state index contributed by atoms with van der Waals surface area (Å²) in [6, 6.07) is 0. The normalized spacial score (nSPS) is 5.33. The number of hydrogen-bond donors (Lipinski definition) is 1. The van der Waals surface area contributed by atoms with Crippen molar-refractivity contribution >= 4 is 0 Å². The van der Waals surface area contributed by atoms with Gasteiger partial charge in [-0.2, -0.15) is 0 Å². The van der Waals surface area contributed by atoms with E-state index in [4.69, 9.17) is 5.11 Å². The van der Waals surface area contributed by atoms with E-state index < -0.39 is 0 Å². The van der Waals surface area contributed by atoms with Crippen molar-refractivity contribution in [2.24, 2.45) is 5.92 Å². The minimum Gasteiger partial charge on any atom is -0.412 e. The van der Waals surface area contributed by atoms with Crippen LogP contribution in [0.15, 0.2) is 0 Å². The van der Waals surface area contributed by atoms with E-state index in [1.165, 1.54) is 0 Å². The van der Waals surface area contributed by atoms with Gasteiger partial charge in [-0.25, -0.2) is 0 Å². The second-order valence-corrected chi connectivity index (χ2v) is 1.58. The Labute approximate surface area is 74.0 Å². The first kappa shape index (κ1) is 33.2. The molecule has 0 saturated carbocycles. The van der Waals surface area contributed by atoms with Crippen molar-refractivity contribution in [1.82, 2.24) is 0 Å². The summed E-state index contributed by atoms with van der Waals surface area (Å²) in [7, 11) is 0. The fourth-order valence-electron chi connectivity index (χ4n) is 0. The SMILES string of the molecule is CC(C)CO.O.O.O.[Hf]. The van der Waals surface area contributed by atoms with Gasteiger partial charge in [0.25, 0.3) is 0 Å². The molecule has 0 aliphatic heterocycles. The van der Waals surface area contributed by atoms with Gasteiger partial charge < -0.3 is 21.5 Å². The largest absolute Gasteiger partial charge is 0.412 e. The molecule has 0 aromatic rings. The zero-order valence-electron chi connectivity index (χ0n) is 5.73. The van der Waals surface area contributed by atoms with E-state index in [-0.39, 0.29) is 42.3 Å². The molecule has 9 heavy (non-hydrogen) atoms. The summed E-state index contributed by atoms with van der Waals surface area (Å²) in [6.07, 6.45) is 0. The van der Waals surface area contributed by atoms with E-state index in [9.17, 15) is 0 Å². The van der Waals surface area contributed by atoms with Gasteiger partial charge >= 0.3 is 0 Å². The van der Waals surface area contributed by atoms with Crippen molar-refractivity contribution in [2.45, 2.75) is 13.8 Å². The van der Waals surface area contributed by atoms with Crippen molar-refractivity contribution in [3.8, 4) is 0 Å². The Kier molecular flexibility index (Phi) is 86.1. The van der Waals surface area contributed by atoms with Crippen LogP contribution >= 0.6 is 0 Å². The van der Waals surface area contributed by atoms with Crippen LogP contribution < -0.4 is 0 Å². The van der Waals surface area contributed by atoms with Gasteiger partial charge in [-0.15, -0.1) is 0 Å². The molecule has 0 aliphatic carbocycles. The third-order valence-electron chi connectivity index (χ3n) is 0.365. The Hall–Kier alpha value is 0.710. The van der Waals surface area contributed by atoms with Crippen LogP contribution in [0.2, 0.25) is 0 Å². The average Bonchev–Trinajstić information content (AvgIpc) is 1.38. The van der Waals surface area contributed by atoms with Crippen LogP contribution in [0.1, 0.15) is 13.8 Å². The number of aliphatic hydroxyl groups excluding tert-OH is 1. The van der Waals surface area contributed by atoms with Crippen molar-refractivity contribution in [3.63, 3.8) is 0 Å². The molecule has 0 aliphatic rings. The van der Waals surface area contributed by atoms with Crippen LogP contribution in [0.25, 0.3) is 0 Å². The van der Waals surface area contributed by atoms with Gasteiger partial charge in [-0.1, -0.05) is 13.8 Å². The summed E-state index contributed by atoms with van der Waals surface area (Å²) >= 11 is 0. The van der Waals surface area contributed by atoms with E-state index in [0.717, 1.165) is 0 Å². The van der Waals surface area contributed by atoms with Gasteiger partial charge in [0.05, 0.1) is 0 Å². The predicted octanol–water partition coefficient (Wildman–Crippen LogP) is -1.84. The summed E-state index contributed by atoms with van der Waals surface area (Å²) in [5, 5.41) is 8.14. The van der Waals surface area contributed by atoms with Gasteiger partial charge in [0.2, 0.25) is 0 Å². The van der Waals surface area contributed by atoms with E-state index in [1.54, 1.807) is 0 Å². The Morgan fingerprint density at radius 2 is 1.22 bits per heavy atom. The smallest absolute Gasteiger partial charge is 0.0453 e. The Bertz CT molecular complexity index is 26.5. The van der Waals surface area contributed by atoms with Gasteiger partial charge in [0, 0.05) is 32.5 Å². The summed E-state index contributed by atoms with van der Waals surface area (Å²) in [5.41, 5.74) is 0. The summed E-state index contributed by atoms with van der Waals surface area (Å²) in [5.74, 6) is 0.440. The molecule has 0 bridgehead atoms. The molecular formula is C4H16HfO4. The molecule has 0 spiro atoms. The van der Waals surface area contributed by atoms with Gasteiger partial charge in [0.15, 0.2) is 0 Å². The molecule has 60 valence electrons. The number of rotatable bonds is 1. The minimum absolute atomic E-state index is 0. The quantitative estimate of drug-likeness (QED) is 0.563. The zero-order chi connectivity index (χ0) is 4.28. The maximum absolute atomic E-state index is 8.14. The first-order valence-corrected chi connectivity index (χ1v) is 1.88. The maximum Gasteiger partial charge on any atom is 0.0453 e. The van der Waals surface area contributed by atoms with Crippen LogP contribution in [-0.4, -0.2) is 28.1 Å². The molecule has 7 N–H and O–H groups in total. The molecule has 0 unspecified atom stereocenters. The fourth-order valence-corrected chi connectivity index (χ4v) is 0. The molecule has 0 fully saturated rings. The summed E-state index contributed by atoms with van der Waals surface area (Å²) in [6.45, 7) is 4.25. The Balaban J connectivity index is -0.0000000133. The maximum atomic E-state index is 8.14. The third kappa shape index (κ3) is 53.4. The van der Waals surface area contributed by atoms with E-state index >= 15 is 0 Å². The van der Waals surface area contributed by atoms with Crippen LogP contribution in [0, 0.1) is 5.92 Å². The molecule has 0 radical (unpaired) electrons. The monoisotopic (exact) mass is 308 g/mol.